The van der Waals surface area contributed by atoms with Crippen LogP contribution in [-0.4, -0.2) is 8.07 Å². The topological polar surface area (TPSA) is 0 Å². The number of aryl methyl sites for hydroxylation is 6. The molecule has 1 aliphatic rings. The molecule has 0 saturated heterocycles. The van der Waals surface area contributed by atoms with E-state index < -0.39 is 8.07 Å². The molecule has 0 N–H and O–H groups in total. The van der Waals surface area contributed by atoms with Crippen molar-refractivity contribution < 1.29 is 57.7 Å². The Morgan fingerprint density at radius 2 is 0.841 bits per heavy atom. The van der Waals surface area contributed by atoms with E-state index >= 15 is 0 Å². The van der Waals surface area contributed by atoms with E-state index in [2.05, 4.69) is 142 Å². The van der Waals surface area contributed by atoms with Crippen LogP contribution in [0, 0.1) is 0 Å². The van der Waals surface area contributed by atoms with Gasteiger partial charge in [-0.25, -0.2) is 0 Å². The molecule has 0 amide bonds. The summed E-state index contributed by atoms with van der Waals surface area (Å²) in [6.07, 6.45) is 17.6. The molecule has 0 radical (unpaired) electrons. The molecule has 0 spiro atoms. The zero-order chi connectivity index (χ0) is 29.6. The molecule has 0 aromatic heterocycles. The van der Waals surface area contributed by atoms with Crippen molar-refractivity contribution in [1.29, 1.82) is 0 Å². The fourth-order valence-electron chi connectivity index (χ4n) is 6.91. The second-order valence-electron chi connectivity index (χ2n) is 11.9. The van der Waals surface area contributed by atoms with Crippen LogP contribution in [0.5, 0.6) is 0 Å². The Balaban J connectivity index is 0.00000323. The molecule has 0 heterocycles. The zero-order valence-electron chi connectivity index (χ0n) is 27.9. The fourth-order valence-corrected chi connectivity index (χ4v) is 15.2. The van der Waals surface area contributed by atoms with Crippen LogP contribution in [0.3, 0.4) is 0 Å². The third kappa shape index (κ3) is 7.90. The maximum atomic E-state index is 2.62. The summed E-state index contributed by atoms with van der Waals surface area (Å²) in [5, 5.41) is 4.78. The van der Waals surface area contributed by atoms with Crippen molar-refractivity contribution in [2.75, 3.05) is 0 Å². The first-order valence-corrected chi connectivity index (χ1v) is 19.1. The molecule has 0 saturated carbocycles. The zero-order valence-corrected chi connectivity index (χ0v) is 32.8. The van der Waals surface area contributed by atoms with Gasteiger partial charge in [-0.05, 0) is 0 Å². The van der Waals surface area contributed by atoms with Crippen molar-refractivity contribution in [3.8, 4) is 0 Å². The minimum absolute atomic E-state index is 0. The molecule has 236 valence electrons. The Morgan fingerprint density at radius 3 is 1.11 bits per heavy atom. The van der Waals surface area contributed by atoms with Crippen LogP contribution in [0.25, 0.3) is 0 Å². The van der Waals surface area contributed by atoms with Crippen molar-refractivity contribution in [1.82, 2.24) is 0 Å². The SMILES string of the molecule is CCCCC1=CC=C[C]1([Ti+3])[Si](c1cc(CC)cc(CC)c1)(c1cc(CC)cc(CC)c1)c1cc(CC)cc(CC)c1.[Cl-].[Cl-].[Cl-]. The van der Waals surface area contributed by atoms with E-state index in [1.165, 1.54) is 52.6 Å². The summed E-state index contributed by atoms with van der Waals surface area (Å²) in [5.74, 6) is 0. The predicted molar refractivity (Wildman–Crippen MR) is 180 cm³/mol. The fraction of sp³-hybridized carbons (Fsp3) is 0.436. The first-order chi connectivity index (χ1) is 19.8. The van der Waals surface area contributed by atoms with Crippen LogP contribution >= 0.6 is 0 Å². The molecule has 1 unspecified atom stereocenters. The molecule has 5 heteroatoms. The van der Waals surface area contributed by atoms with Crippen molar-refractivity contribution >= 4 is 23.6 Å². The van der Waals surface area contributed by atoms with Crippen LogP contribution in [0.4, 0.5) is 0 Å². The molecular formula is C39H51Cl3SiTi. The van der Waals surface area contributed by atoms with Gasteiger partial charge in [0.1, 0.15) is 0 Å². The number of halogens is 3. The van der Waals surface area contributed by atoms with Crippen molar-refractivity contribution in [2.24, 2.45) is 0 Å². The maximum absolute atomic E-state index is 2.67. The van der Waals surface area contributed by atoms with Gasteiger partial charge in [0.2, 0.25) is 0 Å². The Hall–Kier alpha value is -1.06. The molecule has 0 aliphatic heterocycles. The minimum atomic E-state index is -2.67. The summed E-state index contributed by atoms with van der Waals surface area (Å²) in [4.78, 5) is 0. The smallest absolute Gasteiger partial charge is 1.00 e. The molecule has 0 nitrogen and oxygen atoms in total. The summed E-state index contributed by atoms with van der Waals surface area (Å²) in [7, 11) is -2.67. The summed E-state index contributed by atoms with van der Waals surface area (Å²) in [5.41, 5.74) is 10.5. The molecule has 4 rings (SSSR count). The Labute approximate surface area is 300 Å². The van der Waals surface area contributed by atoms with Crippen LogP contribution in [0.15, 0.2) is 78.4 Å². The third-order valence-electron chi connectivity index (χ3n) is 9.45. The third-order valence-corrected chi connectivity index (χ3v) is 17.1. The number of benzene rings is 3. The monoisotopic (exact) mass is 700 g/mol. The van der Waals surface area contributed by atoms with Gasteiger partial charge < -0.3 is 37.2 Å². The second-order valence-corrected chi connectivity index (χ2v) is 18.0. The van der Waals surface area contributed by atoms with Crippen molar-refractivity contribution in [3.63, 3.8) is 0 Å². The maximum Gasteiger partial charge on any atom is -1.00 e. The average Bonchev–Trinajstić information content (AvgIpc) is 3.40. The van der Waals surface area contributed by atoms with Crippen molar-refractivity contribution in [3.05, 3.63) is 112 Å². The Morgan fingerprint density at radius 1 is 0.523 bits per heavy atom. The van der Waals surface area contributed by atoms with E-state index in [9.17, 15) is 0 Å². The van der Waals surface area contributed by atoms with E-state index in [-0.39, 0.29) is 40.6 Å². The average molecular weight is 702 g/mol. The molecular weight excluding hydrogens is 651 g/mol. The van der Waals surface area contributed by atoms with Gasteiger partial charge in [-0.3, -0.25) is 0 Å². The van der Waals surface area contributed by atoms with Crippen LogP contribution in [-0.2, 0) is 59.0 Å². The van der Waals surface area contributed by atoms with E-state index in [0.29, 0.717) is 0 Å². The predicted octanol–water partition coefficient (Wildman–Crippen LogP) is -0.526. The molecule has 3 aromatic rings. The van der Waals surface area contributed by atoms with Crippen LogP contribution < -0.4 is 52.8 Å². The van der Waals surface area contributed by atoms with Gasteiger partial charge in [0.15, 0.2) is 0 Å². The second kappa shape index (κ2) is 18.3. The van der Waals surface area contributed by atoms with Gasteiger partial charge in [-0.2, -0.15) is 0 Å². The van der Waals surface area contributed by atoms with Gasteiger partial charge in [0.05, 0.1) is 0 Å². The van der Waals surface area contributed by atoms with E-state index in [1.807, 2.05) is 0 Å². The first kappa shape index (κ1) is 41.0. The summed E-state index contributed by atoms with van der Waals surface area (Å²) in [6.45, 7) is 16.3. The molecule has 1 atom stereocenters. The first-order valence-electron chi connectivity index (χ1n) is 16.4. The van der Waals surface area contributed by atoms with Crippen molar-refractivity contribution in [2.45, 2.75) is 110 Å². The van der Waals surface area contributed by atoms with Gasteiger partial charge in [-0.1, -0.05) is 0 Å². The molecule has 0 fully saturated rings. The largest absolute Gasteiger partial charge is 1.00 e. The standard InChI is InChI=1S/C39H51Si.3ClH.Ti/c1-8-15-17-35-18-16-19-39(35)40(36-23-29(9-2)20-30(10-3)24-36,37-25-31(11-4)21-32(12-5)26-37)38-27-33(13-6)22-34(14-7)28-38;;;;/h16,18-28H,8-15,17H2,1-7H3;3*1H;/q;;;;+3/p-3. The number of unbranched alkanes of at least 4 members (excludes halogenated alkanes) is 1. The summed E-state index contributed by atoms with van der Waals surface area (Å²) in [6, 6.07) is 23.1. The summed E-state index contributed by atoms with van der Waals surface area (Å²) >= 11 is 2.61. The number of rotatable bonds is 13. The number of hydrogen-bond donors (Lipinski definition) is 0. The quantitative estimate of drug-likeness (QED) is 0.166. The minimum Gasteiger partial charge on any atom is -1.00 e. The summed E-state index contributed by atoms with van der Waals surface area (Å²) < 4.78 is -0.0473. The molecule has 1 aliphatic carbocycles. The van der Waals surface area contributed by atoms with Crippen LogP contribution in [0.1, 0.15) is 101 Å². The number of allylic oxidation sites excluding steroid dienone is 4. The van der Waals surface area contributed by atoms with E-state index in [4.69, 9.17) is 0 Å². The Kier molecular flexibility index (Phi) is 17.1. The van der Waals surface area contributed by atoms with Crippen LogP contribution in [0.2, 0.25) is 3.34 Å². The van der Waals surface area contributed by atoms with E-state index in [1.54, 1.807) is 21.1 Å². The molecule has 44 heavy (non-hydrogen) atoms. The molecule has 0 bridgehead atoms. The van der Waals surface area contributed by atoms with Gasteiger partial charge in [-0.15, -0.1) is 0 Å². The van der Waals surface area contributed by atoms with E-state index in [0.717, 1.165) is 38.5 Å². The van der Waals surface area contributed by atoms with Gasteiger partial charge in [0.25, 0.3) is 0 Å². The number of hydrogen-bond acceptors (Lipinski definition) is 0. The van der Waals surface area contributed by atoms with Gasteiger partial charge >= 0.3 is 265 Å². The van der Waals surface area contributed by atoms with Gasteiger partial charge in [0, 0.05) is 0 Å². The molecule has 3 aromatic carbocycles. The normalized spacial score (nSPS) is 15.7. The Bertz CT molecular complexity index is 1230.